The molecule has 3 aromatic heterocycles. The normalized spacial score (nSPS) is 22.2. The van der Waals surface area contributed by atoms with Gasteiger partial charge in [-0.15, -0.1) is 0 Å². The number of alkyl halides is 1. The Morgan fingerprint density at radius 1 is 1.20 bits per heavy atom. The first-order chi connectivity index (χ1) is 19.5. The van der Waals surface area contributed by atoms with E-state index < -0.39 is 24.3 Å². The van der Waals surface area contributed by atoms with Gasteiger partial charge in [0.25, 0.3) is 0 Å². The number of carbonyl (C=O) groups excluding carboxylic acids is 1. The molecular weight excluding hydrogens is 533 g/mol. The van der Waals surface area contributed by atoms with Crippen LogP contribution < -0.4 is 10.2 Å². The highest BCUT2D eigenvalue weighted by atomic mass is 35.5. The van der Waals surface area contributed by atoms with Crippen molar-refractivity contribution < 1.29 is 13.9 Å². The molecule has 0 radical (unpaired) electrons. The number of halogens is 2. The molecule has 9 nitrogen and oxygen atoms in total. The molecule has 5 heterocycles. The topological polar surface area (TPSA) is 101 Å². The minimum Gasteiger partial charge on any atom is -0.445 e. The Labute approximate surface area is 234 Å². The number of nitrogens with one attached hydrogen (secondary N) is 2. The number of rotatable bonds is 5. The molecule has 2 N–H and O–H groups in total. The van der Waals surface area contributed by atoms with Crippen LogP contribution in [0.2, 0.25) is 5.02 Å². The molecule has 204 valence electrons. The zero-order valence-corrected chi connectivity index (χ0v) is 22.5. The third-order valence-corrected chi connectivity index (χ3v) is 8.41. The van der Waals surface area contributed by atoms with Crippen molar-refractivity contribution in [3.8, 4) is 11.1 Å². The predicted octanol–water partition coefficient (Wildman–Crippen LogP) is 5.54. The summed E-state index contributed by atoms with van der Waals surface area (Å²) in [4.78, 5) is 27.2. The zero-order chi connectivity index (χ0) is 27.4. The van der Waals surface area contributed by atoms with Crippen LogP contribution in [0, 0.1) is 0 Å². The Kier molecular flexibility index (Phi) is 6.07. The van der Waals surface area contributed by atoms with Crippen LogP contribution >= 0.6 is 11.6 Å². The lowest BCUT2D eigenvalue weighted by atomic mass is 9.95. The fraction of sp³-hybridized carbons (Fsp3) is 0.310. The van der Waals surface area contributed by atoms with Crippen molar-refractivity contribution in [1.82, 2.24) is 30.0 Å². The van der Waals surface area contributed by atoms with E-state index >= 15 is 4.39 Å². The SMILES string of the molecule is Cn1cc2c(Cl)c(-c3c[nH]c4nc(N5[C@@H]6CC[C@H]5[C@H](F)[C@H](NC(=O)OCc5ccccc5)C6)cnc34)ccc2n1. The van der Waals surface area contributed by atoms with Crippen LogP contribution in [-0.2, 0) is 18.4 Å². The van der Waals surface area contributed by atoms with Crippen LogP contribution in [0.4, 0.5) is 15.0 Å². The number of nitrogens with zero attached hydrogens (tertiary/aromatic N) is 5. The zero-order valence-electron chi connectivity index (χ0n) is 21.7. The molecular formula is C29H27ClFN7O2. The molecule has 7 rings (SSSR count). The summed E-state index contributed by atoms with van der Waals surface area (Å²) in [6, 6.07) is 12.3. The molecule has 2 aliphatic rings. The number of amides is 1. The molecule has 40 heavy (non-hydrogen) atoms. The fourth-order valence-electron chi connectivity index (χ4n) is 6.16. The van der Waals surface area contributed by atoms with E-state index in [1.807, 2.05) is 66.8 Å². The second-order valence-corrected chi connectivity index (χ2v) is 10.9. The van der Waals surface area contributed by atoms with Crippen molar-refractivity contribution in [2.75, 3.05) is 4.90 Å². The highest BCUT2D eigenvalue weighted by molar-refractivity contribution is 6.38. The summed E-state index contributed by atoms with van der Waals surface area (Å²) in [6.45, 7) is 0.143. The van der Waals surface area contributed by atoms with Crippen LogP contribution in [0.5, 0.6) is 0 Å². The van der Waals surface area contributed by atoms with Crippen LogP contribution in [0.25, 0.3) is 33.2 Å². The van der Waals surface area contributed by atoms with Gasteiger partial charge in [0, 0.05) is 42.0 Å². The van der Waals surface area contributed by atoms with E-state index in [1.54, 1.807) is 10.9 Å². The summed E-state index contributed by atoms with van der Waals surface area (Å²) in [5.74, 6) is 0.620. The molecule has 2 aliphatic heterocycles. The molecule has 4 atom stereocenters. The lowest BCUT2D eigenvalue weighted by Gasteiger charge is -2.41. The highest BCUT2D eigenvalue weighted by Gasteiger charge is 2.49. The van der Waals surface area contributed by atoms with Crippen molar-refractivity contribution >= 4 is 45.6 Å². The summed E-state index contributed by atoms with van der Waals surface area (Å²) >= 11 is 6.76. The Balaban J connectivity index is 1.09. The lowest BCUT2D eigenvalue weighted by molar-refractivity contribution is 0.117. The molecule has 0 unspecified atom stereocenters. The number of aromatic amines is 1. The van der Waals surface area contributed by atoms with E-state index in [0.29, 0.717) is 34.8 Å². The Morgan fingerprint density at radius 3 is 2.90 bits per heavy atom. The van der Waals surface area contributed by atoms with E-state index in [4.69, 9.17) is 26.3 Å². The molecule has 0 aliphatic carbocycles. The monoisotopic (exact) mass is 559 g/mol. The number of hydrogen-bond donors (Lipinski definition) is 2. The maximum Gasteiger partial charge on any atom is 0.407 e. The average Bonchev–Trinajstić information content (AvgIpc) is 3.65. The number of ether oxygens (including phenoxy) is 1. The average molecular weight is 560 g/mol. The van der Waals surface area contributed by atoms with E-state index in [9.17, 15) is 4.79 Å². The number of benzene rings is 2. The summed E-state index contributed by atoms with van der Waals surface area (Å²) in [6.07, 6.45) is 5.55. The highest BCUT2D eigenvalue weighted by Crippen LogP contribution is 2.41. The number of piperidine rings is 1. The van der Waals surface area contributed by atoms with Gasteiger partial charge in [0.05, 0.1) is 28.8 Å². The van der Waals surface area contributed by atoms with Gasteiger partial charge in [-0.3, -0.25) is 4.68 Å². The molecule has 11 heteroatoms. The molecule has 0 saturated carbocycles. The van der Waals surface area contributed by atoms with Crippen molar-refractivity contribution in [3.63, 3.8) is 0 Å². The first-order valence-electron chi connectivity index (χ1n) is 13.3. The van der Waals surface area contributed by atoms with Crippen LogP contribution in [0.3, 0.4) is 0 Å². The van der Waals surface area contributed by atoms with E-state index in [0.717, 1.165) is 34.0 Å². The second kappa shape index (κ2) is 9.78. The number of alkyl carbamates (subject to hydrolysis) is 1. The lowest BCUT2D eigenvalue weighted by Crippen LogP contribution is -2.58. The van der Waals surface area contributed by atoms with Crippen LogP contribution in [-0.4, -0.2) is 55.1 Å². The van der Waals surface area contributed by atoms with Gasteiger partial charge in [-0.25, -0.2) is 19.2 Å². The third kappa shape index (κ3) is 4.23. The van der Waals surface area contributed by atoms with Gasteiger partial charge in [-0.05, 0) is 30.9 Å². The molecule has 2 fully saturated rings. The van der Waals surface area contributed by atoms with Crippen LogP contribution in [0.15, 0.2) is 61.1 Å². The molecule has 1 amide bonds. The van der Waals surface area contributed by atoms with E-state index in [2.05, 4.69) is 15.4 Å². The molecule has 2 aromatic carbocycles. The number of anilines is 1. The molecule has 2 saturated heterocycles. The van der Waals surface area contributed by atoms with Crippen molar-refractivity contribution in [2.45, 2.75) is 50.2 Å². The Morgan fingerprint density at radius 2 is 2.05 bits per heavy atom. The Hall–Kier alpha value is -4.18. The Bertz CT molecular complexity index is 1720. The van der Waals surface area contributed by atoms with Gasteiger partial charge in [0.15, 0.2) is 5.65 Å². The minimum absolute atomic E-state index is 0.0417. The first kappa shape index (κ1) is 24.8. The van der Waals surface area contributed by atoms with Gasteiger partial charge in [0.2, 0.25) is 0 Å². The largest absolute Gasteiger partial charge is 0.445 e. The van der Waals surface area contributed by atoms with E-state index in [-0.39, 0.29) is 12.6 Å². The smallest absolute Gasteiger partial charge is 0.407 e. The van der Waals surface area contributed by atoms with Gasteiger partial charge in [0.1, 0.15) is 24.1 Å². The maximum absolute atomic E-state index is 15.7. The molecule has 0 spiro atoms. The summed E-state index contributed by atoms with van der Waals surface area (Å²) in [7, 11) is 1.86. The summed E-state index contributed by atoms with van der Waals surface area (Å²) in [5.41, 5.74) is 4.68. The van der Waals surface area contributed by atoms with E-state index in [1.165, 1.54) is 0 Å². The predicted molar refractivity (Wildman–Crippen MR) is 151 cm³/mol. The summed E-state index contributed by atoms with van der Waals surface area (Å²) in [5, 5.41) is 8.65. The van der Waals surface area contributed by atoms with Gasteiger partial charge in [-0.2, -0.15) is 5.10 Å². The van der Waals surface area contributed by atoms with Crippen molar-refractivity contribution in [2.24, 2.45) is 7.05 Å². The van der Waals surface area contributed by atoms with Gasteiger partial charge >= 0.3 is 6.09 Å². The number of aryl methyl sites for hydroxylation is 1. The first-order valence-corrected chi connectivity index (χ1v) is 13.7. The van der Waals surface area contributed by atoms with Crippen molar-refractivity contribution in [1.29, 1.82) is 0 Å². The third-order valence-electron chi connectivity index (χ3n) is 8.00. The summed E-state index contributed by atoms with van der Waals surface area (Å²) < 4.78 is 22.8. The standard InChI is InChI=1S/C29H27ClFN7O2/c1-37-14-20-21(36-37)9-8-18(25(20)30)19-12-33-28-27(19)32-13-24(35-28)38-17-7-10-23(38)26(31)22(11-17)34-29(39)40-15-16-5-3-2-4-6-16/h2-6,8-9,12-14,17,22-23,26H,7,10-11,15H2,1H3,(H,33,35)(H,34,39)/t17-,22-,23+,26-/m1/s1. The van der Waals surface area contributed by atoms with Crippen LogP contribution in [0.1, 0.15) is 24.8 Å². The van der Waals surface area contributed by atoms with Gasteiger partial charge < -0.3 is 19.9 Å². The molecule has 5 aromatic rings. The fourth-order valence-corrected chi connectivity index (χ4v) is 6.47. The number of H-pyrrole nitrogens is 1. The number of aromatic nitrogens is 5. The number of fused-ring (bicyclic) bond motifs is 4. The quantitative estimate of drug-likeness (QED) is 0.293. The second-order valence-electron chi connectivity index (χ2n) is 10.5. The number of carbonyl (C=O) groups is 1. The van der Waals surface area contributed by atoms with Gasteiger partial charge in [-0.1, -0.05) is 48.0 Å². The number of hydrogen-bond acceptors (Lipinski definition) is 6. The maximum atomic E-state index is 15.7. The minimum atomic E-state index is -1.26. The molecule has 2 bridgehead atoms. The van der Waals surface area contributed by atoms with Crippen molar-refractivity contribution in [3.05, 3.63) is 71.6 Å².